The maximum atomic E-state index is 11.9. The predicted octanol–water partition coefficient (Wildman–Crippen LogP) is 3.47. The third-order valence-electron chi connectivity index (χ3n) is 5.06. The Labute approximate surface area is 141 Å². The molecule has 0 unspecified atom stereocenters. The zero-order chi connectivity index (χ0) is 16.7. The molecule has 0 spiro atoms. The number of rotatable bonds is 7. The van der Waals surface area contributed by atoms with Crippen molar-refractivity contribution in [1.82, 2.24) is 10.2 Å². The Hall–Kier alpha value is -1.35. The number of nitrogens with one attached hydrogen (secondary N) is 1. The van der Waals surface area contributed by atoms with Crippen LogP contribution in [-0.4, -0.2) is 37.0 Å². The standard InChI is InChI=1S/C20H32N2O/c1-16-9-13-22(14-10-16)12-4-11-21-20(23)8-7-19-6-5-17(2)18(3)15-19/h5-6,15-16H,4,7-14H2,1-3H3,(H,21,23). The molecular weight excluding hydrogens is 284 g/mol. The van der Waals surface area contributed by atoms with Crippen molar-refractivity contribution in [2.24, 2.45) is 5.92 Å². The number of benzene rings is 1. The van der Waals surface area contributed by atoms with Gasteiger partial charge in [0.25, 0.3) is 0 Å². The number of hydrogen-bond donors (Lipinski definition) is 1. The third-order valence-corrected chi connectivity index (χ3v) is 5.06. The lowest BCUT2D eigenvalue weighted by atomic mass is 9.99. The largest absolute Gasteiger partial charge is 0.356 e. The fraction of sp³-hybridized carbons (Fsp3) is 0.650. The highest BCUT2D eigenvalue weighted by atomic mass is 16.1. The van der Waals surface area contributed by atoms with Gasteiger partial charge in [-0.2, -0.15) is 0 Å². The fourth-order valence-electron chi connectivity index (χ4n) is 3.12. The minimum atomic E-state index is 0.176. The molecule has 1 fully saturated rings. The number of likely N-dealkylation sites (tertiary alicyclic amines) is 1. The maximum Gasteiger partial charge on any atom is 0.220 e. The summed E-state index contributed by atoms with van der Waals surface area (Å²) in [5, 5.41) is 3.06. The topological polar surface area (TPSA) is 32.3 Å². The average Bonchev–Trinajstić information content (AvgIpc) is 2.54. The molecule has 0 radical (unpaired) electrons. The van der Waals surface area contributed by atoms with Crippen LogP contribution in [0, 0.1) is 19.8 Å². The van der Waals surface area contributed by atoms with Crippen LogP contribution in [0.15, 0.2) is 18.2 Å². The summed E-state index contributed by atoms with van der Waals surface area (Å²) in [6, 6.07) is 6.47. The first-order chi connectivity index (χ1) is 11.0. The molecule has 128 valence electrons. The van der Waals surface area contributed by atoms with Crippen LogP contribution in [0.5, 0.6) is 0 Å². The number of nitrogens with zero attached hydrogens (tertiary/aromatic N) is 1. The second-order valence-corrected chi connectivity index (χ2v) is 7.15. The highest BCUT2D eigenvalue weighted by molar-refractivity contribution is 5.76. The molecule has 1 saturated heterocycles. The summed E-state index contributed by atoms with van der Waals surface area (Å²) < 4.78 is 0. The molecule has 0 aromatic heterocycles. The van der Waals surface area contributed by atoms with Crippen molar-refractivity contribution in [3.8, 4) is 0 Å². The van der Waals surface area contributed by atoms with E-state index in [1.807, 2.05) is 0 Å². The Kier molecular flexibility index (Phi) is 7.10. The van der Waals surface area contributed by atoms with E-state index in [9.17, 15) is 4.79 Å². The van der Waals surface area contributed by atoms with Crippen LogP contribution in [-0.2, 0) is 11.2 Å². The number of carbonyl (C=O) groups is 1. The molecule has 1 aromatic rings. The summed E-state index contributed by atoms with van der Waals surface area (Å²) in [5.41, 5.74) is 3.87. The van der Waals surface area contributed by atoms with E-state index in [4.69, 9.17) is 0 Å². The minimum Gasteiger partial charge on any atom is -0.356 e. The van der Waals surface area contributed by atoms with Gasteiger partial charge in [0, 0.05) is 13.0 Å². The highest BCUT2D eigenvalue weighted by Gasteiger charge is 2.14. The van der Waals surface area contributed by atoms with E-state index in [0.29, 0.717) is 6.42 Å². The lowest BCUT2D eigenvalue weighted by Crippen LogP contribution is -2.35. The number of piperidine rings is 1. The van der Waals surface area contributed by atoms with Gasteiger partial charge in [0.15, 0.2) is 0 Å². The van der Waals surface area contributed by atoms with E-state index in [1.165, 1.54) is 42.6 Å². The number of hydrogen-bond acceptors (Lipinski definition) is 2. The Morgan fingerprint density at radius 3 is 2.65 bits per heavy atom. The van der Waals surface area contributed by atoms with E-state index in [1.54, 1.807) is 0 Å². The van der Waals surface area contributed by atoms with Gasteiger partial charge in [0.05, 0.1) is 0 Å². The number of amides is 1. The van der Waals surface area contributed by atoms with E-state index >= 15 is 0 Å². The van der Waals surface area contributed by atoms with Crippen molar-refractivity contribution in [1.29, 1.82) is 0 Å². The molecular formula is C20H32N2O. The molecule has 0 bridgehead atoms. The van der Waals surface area contributed by atoms with Crippen molar-refractivity contribution in [2.45, 2.75) is 52.9 Å². The minimum absolute atomic E-state index is 0.176. The van der Waals surface area contributed by atoms with Crippen molar-refractivity contribution < 1.29 is 4.79 Å². The zero-order valence-electron chi connectivity index (χ0n) is 15.0. The van der Waals surface area contributed by atoms with Crippen LogP contribution >= 0.6 is 0 Å². The molecule has 0 aliphatic carbocycles. The molecule has 1 amide bonds. The predicted molar refractivity (Wildman–Crippen MR) is 96.7 cm³/mol. The van der Waals surface area contributed by atoms with Crippen LogP contribution in [0.3, 0.4) is 0 Å². The number of aryl methyl sites for hydroxylation is 3. The molecule has 1 aliphatic heterocycles. The van der Waals surface area contributed by atoms with Gasteiger partial charge in [-0.15, -0.1) is 0 Å². The van der Waals surface area contributed by atoms with Gasteiger partial charge >= 0.3 is 0 Å². The molecule has 3 heteroatoms. The van der Waals surface area contributed by atoms with E-state index in [0.717, 1.165) is 31.8 Å². The van der Waals surface area contributed by atoms with Crippen LogP contribution < -0.4 is 5.32 Å². The summed E-state index contributed by atoms with van der Waals surface area (Å²) in [6.45, 7) is 11.0. The Balaban J connectivity index is 1.57. The average molecular weight is 316 g/mol. The first kappa shape index (κ1) is 18.0. The fourth-order valence-corrected chi connectivity index (χ4v) is 3.12. The van der Waals surface area contributed by atoms with Crippen molar-refractivity contribution in [3.63, 3.8) is 0 Å². The van der Waals surface area contributed by atoms with Gasteiger partial charge in [-0.05, 0) is 81.8 Å². The first-order valence-corrected chi connectivity index (χ1v) is 9.10. The van der Waals surface area contributed by atoms with Crippen LogP contribution in [0.1, 0.15) is 49.3 Å². The van der Waals surface area contributed by atoms with Crippen molar-refractivity contribution in [3.05, 3.63) is 34.9 Å². The maximum absolute atomic E-state index is 11.9. The van der Waals surface area contributed by atoms with Crippen LogP contribution in [0.4, 0.5) is 0 Å². The molecule has 1 aromatic carbocycles. The summed E-state index contributed by atoms with van der Waals surface area (Å²) in [5.74, 6) is 1.06. The van der Waals surface area contributed by atoms with Gasteiger partial charge in [-0.3, -0.25) is 4.79 Å². The van der Waals surface area contributed by atoms with Crippen molar-refractivity contribution >= 4 is 5.91 Å². The molecule has 1 N–H and O–H groups in total. The van der Waals surface area contributed by atoms with Gasteiger partial charge in [-0.1, -0.05) is 25.1 Å². The zero-order valence-corrected chi connectivity index (χ0v) is 15.0. The molecule has 3 nitrogen and oxygen atoms in total. The summed E-state index contributed by atoms with van der Waals surface area (Å²) in [6.07, 6.45) is 5.12. The molecule has 0 saturated carbocycles. The lowest BCUT2D eigenvalue weighted by Gasteiger charge is -2.30. The van der Waals surface area contributed by atoms with Gasteiger partial charge < -0.3 is 10.2 Å². The third kappa shape index (κ3) is 6.34. The highest BCUT2D eigenvalue weighted by Crippen LogP contribution is 2.15. The Morgan fingerprint density at radius 2 is 1.96 bits per heavy atom. The van der Waals surface area contributed by atoms with Gasteiger partial charge in [-0.25, -0.2) is 0 Å². The smallest absolute Gasteiger partial charge is 0.220 e. The monoisotopic (exact) mass is 316 g/mol. The van der Waals surface area contributed by atoms with Crippen LogP contribution in [0.25, 0.3) is 0 Å². The van der Waals surface area contributed by atoms with Crippen molar-refractivity contribution in [2.75, 3.05) is 26.2 Å². The molecule has 0 atom stereocenters. The molecule has 1 heterocycles. The lowest BCUT2D eigenvalue weighted by molar-refractivity contribution is -0.121. The molecule has 23 heavy (non-hydrogen) atoms. The van der Waals surface area contributed by atoms with Gasteiger partial charge in [0.1, 0.15) is 0 Å². The summed E-state index contributed by atoms with van der Waals surface area (Å²) in [7, 11) is 0. The summed E-state index contributed by atoms with van der Waals surface area (Å²) in [4.78, 5) is 14.5. The molecule has 1 aliphatic rings. The second-order valence-electron chi connectivity index (χ2n) is 7.15. The SMILES string of the molecule is Cc1ccc(CCC(=O)NCCCN2CCC(C)CC2)cc1C. The first-order valence-electron chi connectivity index (χ1n) is 9.10. The van der Waals surface area contributed by atoms with Gasteiger partial charge in [0.2, 0.25) is 5.91 Å². The van der Waals surface area contributed by atoms with E-state index in [-0.39, 0.29) is 5.91 Å². The van der Waals surface area contributed by atoms with E-state index < -0.39 is 0 Å². The molecule has 2 rings (SSSR count). The summed E-state index contributed by atoms with van der Waals surface area (Å²) >= 11 is 0. The quantitative estimate of drug-likeness (QED) is 0.781. The second kappa shape index (κ2) is 9.07. The van der Waals surface area contributed by atoms with Crippen LogP contribution in [0.2, 0.25) is 0 Å². The Bertz CT molecular complexity index is 504. The van der Waals surface area contributed by atoms with E-state index in [2.05, 4.69) is 49.2 Å². The number of carbonyl (C=O) groups excluding carboxylic acids is 1. The normalized spacial score (nSPS) is 16.5. The Morgan fingerprint density at radius 1 is 1.22 bits per heavy atom.